The number of nitrogens with one attached hydrogen (secondary N) is 1. The van der Waals surface area contributed by atoms with Gasteiger partial charge in [-0.15, -0.1) is 6.58 Å². The van der Waals surface area contributed by atoms with E-state index in [9.17, 15) is 0 Å². The Bertz CT molecular complexity index is 392. The molecule has 2 N–H and O–H groups in total. The minimum atomic E-state index is 0.0973. The average molecular weight is 248 g/mol. The van der Waals surface area contributed by atoms with Gasteiger partial charge in [-0.1, -0.05) is 6.08 Å². The van der Waals surface area contributed by atoms with Crippen LogP contribution in [0.5, 0.6) is 0 Å². The molecular weight excluding hydrogens is 228 g/mol. The molecule has 0 aromatic carbocycles. The van der Waals surface area contributed by atoms with Gasteiger partial charge in [0.05, 0.1) is 18.5 Å². The molecule has 0 spiro atoms. The first-order valence-electron chi connectivity index (χ1n) is 6.34. The van der Waals surface area contributed by atoms with Crippen LogP contribution in [0, 0.1) is 0 Å². The minimum absolute atomic E-state index is 0.0973. The molecule has 0 unspecified atom stereocenters. The first kappa shape index (κ1) is 13.0. The molecule has 5 heteroatoms. The molecule has 1 aliphatic rings. The predicted octanol–water partition coefficient (Wildman–Crippen LogP) is 0.713. The van der Waals surface area contributed by atoms with Gasteiger partial charge < -0.3 is 15.3 Å². The molecule has 1 aromatic heterocycles. The molecule has 0 atom stereocenters. The Labute approximate surface area is 108 Å². The molecule has 1 fully saturated rings. The molecule has 1 aliphatic carbocycles. The van der Waals surface area contributed by atoms with E-state index in [-0.39, 0.29) is 6.61 Å². The van der Waals surface area contributed by atoms with E-state index < -0.39 is 0 Å². The first-order valence-corrected chi connectivity index (χ1v) is 6.34. The number of aliphatic hydroxyl groups is 1. The van der Waals surface area contributed by atoms with Crippen LogP contribution in [0.4, 0.5) is 5.82 Å². The highest BCUT2D eigenvalue weighted by atomic mass is 16.3. The van der Waals surface area contributed by atoms with Gasteiger partial charge in [-0.25, -0.2) is 4.98 Å². The third kappa shape index (κ3) is 3.78. The number of hydrogen-bond acceptors (Lipinski definition) is 5. The molecule has 5 nitrogen and oxygen atoms in total. The standard InChI is InChI=1S/C13H20N4O/c1-2-5-17(6-7-18)13-10-14-8-12(16-13)9-15-11-3-4-11/h2,8,10-11,15,18H,1,3-7,9H2. The van der Waals surface area contributed by atoms with Crippen LogP contribution in [0.1, 0.15) is 18.5 Å². The zero-order chi connectivity index (χ0) is 12.8. The summed E-state index contributed by atoms with van der Waals surface area (Å²) in [7, 11) is 0. The summed E-state index contributed by atoms with van der Waals surface area (Å²) in [6, 6.07) is 0.664. The maximum atomic E-state index is 9.04. The highest BCUT2D eigenvalue weighted by molar-refractivity contribution is 5.37. The fourth-order valence-electron chi connectivity index (χ4n) is 1.74. The smallest absolute Gasteiger partial charge is 0.147 e. The fourth-order valence-corrected chi connectivity index (χ4v) is 1.74. The summed E-state index contributed by atoms with van der Waals surface area (Å²) >= 11 is 0. The Kier molecular flexibility index (Phi) is 4.66. The van der Waals surface area contributed by atoms with Crippen molar-refractivity contribution in [2.24, 2.45) is 0 Å². The van der Waals surface area contributed by atoms with E-state index in [1.54, 1.807) is 18.5 Å². The lowest BCUT2D eigenvalue weighted by molar-refractivity contribution is 0.302. The van der Waals surface area contributed by atoms with Crippen LogP contribution in [0.2, 0.25) is 0 Å². The SMILES string of the molecule is C=CCN(CCO)c1cncc(CNC2CC2)n1. The van der Waals surface area contributed by atoms with Crippen LogP contribution in [0.15, 0.2) is 25.0 Å². The van der Waals surface area contributed by atoms with Crippen LogP contribution in [-0.2, 0) is 6.54 Å². The van der Waals surface area contributed by atoms with E-state index in [4.69, 9.17) is 5.11 Å². The van der Waals surface area contributed by atoms with Crippen molar-refractivity contribution >= 4 is 5.82 Å². The fraction of sp³-hybridized carbons (Fsp3) is 0.538. The first-order chi connectivity index (χ1) is 8.83. The monoisotopic (exact) mass is 248 g/mol. The number of hydrogen-bond donors (Lipinski definition) is 2. The van der Waals surface area contributed by atoms with Gasteiger partial charge in [-0.05, 0) is 12.8 Å². The quantitative estimate of drug-likeness (QED) is 0.664. The van der Waals surface area contributed by atoms with Crippen LogP contribution >= 0.6 is 0 Å². The summed E-state index contributed by atoms with van der Waals surface area (Å²) in [5, 5.41) is 12.5. The number of nitrogens with zero attached hydrogens (tertiary/aromatic N) is 3. The topological polar surface area (TPSA) is 61.3 Å². The second kappa shape index (κ2) is 6.47. The molecule has 1 aromatic rings. The predicted molar refractivity (Wildman–Crippen MR) is 71.4 cm³/mol. The van der Waals surface area contributed by atoms with Crippen molar-refractivity contribution in [1.82, 2.24) is 15.3 Å². The van der Waals surface area contributed by atoms with Crippen molar-refractivity contribution in [3.05, 3.63) is 30.7 Å². The number of aliphatic hydroxyl groups excluding tert-OH is 1. The molecular formula is C13H20N4O. The maximum absolute atomic E-state index is 9.04. The highest BCUT2D eigenvalue weighted by Gasteiger charge is 2.20. The Morgan fingerprint density at radius 1 is 1.50 bits per heavy atom. The van der Waals surface area contributed by atoms with E-state index in [1.165, 1.54) is 12.8 Å². The summed E-state index contributed by atoms with van der Waals surface area (Å²) < 4.78 is 0. The van der Waals surface area contributed by atoms with Crippen molar-refractivity contribution in [1.29, 1.82) is 0 Å². The molecule has 18 heavy (non-hydrogen) atoms. The summed E-state index contributed by atoms with van der Waals surface area (Å²) in [6.45, 7) is 5.77. The van der Waals surface area contributed by atoms with Crippen molar-refractivity contribution in [2.75, 3.05) is 24.6 Å². The van der Waals surface area contributed by atoms with Gasteiger partial charge in [0.2, 0.25) is 0 Å². The lowest BCUT2D eigenvalue weighted by Crippen LogP contribution is -2.28. The van der Waals surface area contributed by atoms with Crippen molar-refractivity contribution in [3.63, 3.8) is 0 Å². The molecule has 2 rings (SSSR count). The van der Waals surface area contributed by atoms with Crippen LogP contribution in [-0.4, -0.2) is 40.8 Å². The van der Waals surface area contributed by atoms with Gasteiger partial charge in [-0.2, -0.15) is 0 Å². The number of anilines is 1. The lowest BCUT2D eigenvalue weighted by Gasteiger charge is -2.21. The lowest BCUT2D eigenvalue weighted by atomic mass is 10.4. The summed E-state index contributed by atoms with van der Waals surface area (Å²) in [5.74, 6) is 0.791. The van der Waals surface area contributed by atoms with Crippen molar-refractivity contribution in [3.8, 4) is 0 Å². The Hall–Kier alpha value is -1.46. The molecule has 98 valence electrons. The number of aromatic nitrogens is 2. The largest absolute Gasteiger partial charge is 0.395 e. The maximum Gasteiger partial charge on any atom is 0.147 e. The van der Waals surface area contributed by atoms with Crippen LogP contribution in [0.25, 0.3) is 0 Å². The minimum Gasteiger partial charge on any atom is -0.395 e. The average Bonchev–Trinajstić information content (AvgIpc) is 3.21. The van der Waals surface area contributed by atoms with E-state index in [0.717, 1.165) is 18.1 Å². The van der Waals surface area contributed by atoms with E-state index >= 15 is 0 Å². The second-order valence-corrected chi connectivity index (χ2v) is 4.48. The molecule has 0 saturated heterocycles. The molecule has 1 saturated carbocycles. The van der Waals surface area contributed by atoms with Gasteiger partial charge >= 0.3 is 0 Å². The molecule has 0 radical (unpaired) electrons. The summed E-state index contributed by atoms with van der Waals surface area (Å²) in [6.07, 6.45) is 7.83. The summed E-state index contributed by atoms with van der Waals surface area (Å²) in [4.78, 5) is 10.7. The van der Waals surface area contributed by atoms with Gasteiger partial charge in [0.25, 0.3) is 0 Å². The van der Waals surface area contributed by atoms with Crippen LogP contribution < -0.4 is 10.2 Å². The Morgan fingerprint density at radius 2 is 2.33 bits per heavy atom. The van der Waals surface area contributed by atoms with Gasteiger partial charge in [0.1, 0.15) is 5.82 Å². The van der Waals surface area contributed by atoms with Crippen molar-refractivity contribution in [2.45, 2.75) is 25.4 Å². The van der Waals surface area contributed by atoms with Gasteiger partial charge in [0, 0.05) is 31.9 Å². The van der Waals surface area contributed by atoms with Crippen LogP contribution in [0.3, 0.4) is 0 Å². The Balaban J connectivity index is 2.00. The molecule has 1 heterocycles. The zero-order valence-electron chi connectivity index (χ0n) is 10.5. The molecule has 0 aliphatic heterocycles. The van der Waals surface area contributed by atoms with Gasteiger partial charge in [0.15, 0.2) is 0 Å². The summed E-state index contributed by atoms with van der Waals surface area (Å²) in [5.41, 5.74) is 0.936. The third-order valence-electron chi connectivity index (χ3n) is 2.86. The highest BCUT2D eigenvalue weighted by Crippen LogP contribution is 2.19. The van der Waals surface area contributed by atoms with Gasteiger partial charge in [-0.3, -0.25) is 4.98 Å². The van der Waals surface area contributed by atoms with E-state index in [1.807, 2.05) is 4.90 Å². The van der Waals surface area contributed by atoms with E-state index in [2.05, 4.69) is 21.9 Å². The Morgan fingerprint density at radius 3 is 3.00 bits per heavy atom. The normalized spacial score (nSPS) is 14.5. The molecule has 0 amide bonds. The number of rotatable bonds is 8. The second-order valence-electron chi connectivity index (χ2n) is 4.48. The third-order valence-corrected chi connectivity index (χ3v) is 2.86. The zero-order valence-corrected chi connectivity index (χ0v) is 10.5. The van der Waals surface area contributed by atoms with Crippen molar-refractivity contribution < 1.29 is 5.11 Å². The molecule has 0 bridgehead atoms. The van der Waals surface area contributed by atoms with E-state index in [0.29, 0.717) is 19.1 Å².